The van der Waals surface area contributed by atoms with E-state index in [2.05, 4.69) is 10.2 Å². The Labute approximate surface area is 158 Å². The minimum Gasteiger partial charge on any atom is -0.453 e. The Morgan fingerprint density at radius 2 is 1.78 bits per heavy atom. The fourth-order valence-corrected chi connectivity index (χ4v) is 3.02. The molecule has 1 saturated heterocycles. The van der Waals surface area contributed by atoms with E-state index >= 15 is 0 Å². The number of amides is 2. The largest absolute Gasteiger partial charge is 0.453 e. The van der Waals surface area contributed by atoms with Crippen LogP contribution in [-0.4, -0.2) is 65.3 Å². The summed E-state index contributed by atoms with van der Waals surface area (Å²) in [7, 11) is 1.37. The van der Waals surface area contributed by atoms with Crippen molar-refractivity contribution in [2.45, 2.75) is 26.2 Å². The van der Waals surface area contributed by atoms with E-state index in [1.807, 2.05) is 31.2 Å². The lowest BCUT2D eigenvalue weighted by atomic mass is 10.1. The van der Waals surface area contributed by atoms with Crippen molar-refractivity contribution in [2.24, 2.45) is 0 Å². The van der Waals surface area contributed by atoms with Gasteiger partial charge in [0.15, 0.2) is 0 Å². The van der Waals surface area contributed by atoms with Crippen LogP contribution in [0.4, 0.5) is 4.79 Å². The van der Waals surface area contributed by atoms with Crippen LogP contribution in [0.2, 0.25) is 0 Å². The van der Waals surface area contributed by atoms with Crippen molar-refractivity contribution < 1.29 is 18.7 Å². The Bertz CT molecular complexity index is 787. The van der Waals surface area contributed by atoms with Crippen LogP contribution in [0, 0.1) is 6.92 Å². The quantitative estimate of drug-likeness (QED) is 0.818. The molecule has 144 valence electrons. The summed E-state index contributed by atoms with van der Waals surface area (Å²) < 4.78 is 10.4. The Balaban J connectivity index is 1.52. The van der Waals surface area contributed by atoms with Crippen molar-refractivity contribution in [2.75, 3.05) is 33.3 Å². The smallest absolute Gasteiger partial charge is 0.409 e. The zero-order valence-electron chi connectivity index (χ0n) is 15.7. The molecule has 0 bridgehead atoms. The van der Waals surface area contributed by atoms with Crippen molar-refractivity contribution in [3.05, 3.63) is 35.7 Å². The number of hydrogen-bond donors (Lipinski definition) is 0. The Kier molecular flexibility index (Phi) is 6.05. The number of rotatable bonds is 4. The molecule has 1 aromatic heterocycles. The van der Waals surface area contributed by atoms with E-state index in [-0.39, 0.29) is 12.0 Å². The van der Waals surface area contributed by atoms with Crippen LogP contribution in [0.15, 0.2) is 28.7 Å². The van der Waals surface area contributed by atoms with Gasteiger partial charge in [0.25, 0.3) is 0 Å². The molecule has 0 spiro atoms. The van der Waals surface area contributed by atoms with E-state index in [0.717, 1.165) is 17.5 Å². The van der Waals surface area contributed by atoms with Gasteiger partial charge in [-0.3, -0.25) is 4.79 Å². The molecule has 2 heterocycles. The first kappa shape index (κ1) is 18.9. The lowest BCUT2D eigenvalue weighted by molar-refractivity contribution is -0.131. The molecule has 1 aliphatic heterocycles. The zero-order valence-corrected chi connectivity index (χ0v) is 15.7. The van der Waals surface area contributed by atoms with E-state index in [9.17, 15) is 9.59 Å². The molecular formula is C19H24N4O4. The molecule has 1 aromatic carbocycles. The first-order valence-corrected chi connectivity index (χ1v) is 9.07. The highest BCUT2D eigenvalue weighted by Gasteiger charge is 2.22. The molecule has 1 aliphatic rings. The molecule has 0 aliphatic carbocycles. The van der Waals surface area contributed by atoms with Crippen LogP contribution in [0.5, 0.6) is 0 Å². The van der Waals surface area contributed by atoms with Crippen molar-refractivity contribution in [3.8, 4) is 11.5 Å². The zero-order chi connectivity index (χ0) is 19.2. The van der Waals surface area contributed by atoms with Crippen LogP contribution in [0.1, 0.15) is 24.3 Å². The number of ether oxygens (including phenoxy) is 1. The van der Waals surface area contributed by atoms with Gasteiger partial charge in [-0.05, 0) is 25.5 Å². The maximum atomic E-state index is 12.5. The highest BCUT2D eigenvalue weighted by Crippen LogP contribution is 2.19. The number of carbonyl (C=O) groups excluding carboxylic acids is 2. The standard InChI is InChI=1S/C19H24N4O4/c1-14-4-6-15(7-5-14)18-21-20-16(27-18)8-9-17(24)22-10-3-11-23(13-12-22)19(25)26-2/h4-7H,3,8-13H2,1-2H3. The molecule has 0 unspecified atom stereocenters. The average molecular weight is 372 g/mol. The summed E-state index contributed by atoms with van der Waals surface area (Å²) in [6.07, 6.45) is 1.08. The van der Waals surface area contributed by atoms with Gasteiger partial charge in [0, 0.05) is 44.6 Å². The van der Waals surface area contributed by atoms with Gasteiger partial charge >= 0.3 is 6.09 Å². The minimum absolute atomic E-state index is 0.0248. The molecule has 0 atom stereocenters. The summed E-state index contributed by atoms with van der Waals surface area (Å²) >= 11 is 0. The molecule has 8 nitrogen and oxygen atoms in total. The van der Waals surface area contributed by atoms with Crippen LogP contribution in [0.3, 0.4) is 0 Å². The van der Waals surface area contributed by atoms with E-state index in [4.69, 9.17) is 9.15 Å². The van der Waals surface area contributed by atoms with Gasteiger partial charge in [0.1, 0.15) is 0 Å². The third-order valence-electron chi connectivity index (χ3n) is 4.60. The van der Waals surface area contributed by atoms with Gasteiger partial charge in [-0.25, -0.2) is 4.79 Å². The summed E-state index contributed by atoms with van der Waals surface area (Å²) in [5.41, 5.74) is 2.02. The highest BCUT2D eigenvalue weighted by atomic mass is 16.5. The summed E-state index contributed by atoms with van der Waals surface area (Å²) in [6.45, 7) is 4.23. The number of carbonyl (C=O) groups is 2. The van der Waals surface area contributed by atoms with Crippen molar-refractivity contribution >= 4 is 12.0 Å². The number of aryl methyl sites for hydroxylation is 2. The molecule has 0 radical (unpaired) electrons. The predicted octanol–water partition coefficient (Wildman–Crippen LogP) is 2.28. The summed E-state index contributed by atoms with van der Waals surface area (Å²) in [4.78, 5) is 27.5. The van der Waals surface area contributed by atoms with Gasteiger partial charge in [-0.2, -0.15) is 0 Å². The maximum Gasteiger partial charge on any atom is 0.409 e. The fraction of sp³-hybridized carbons (Fsp3) is 0.474. The summed E-state index contributed by atoms with van der Waals surface area (Å²) in [5.74, 6) is 0.933. The third-order valence-corrected chi connectivity index (χ3v) is 4.60. The third kappa shape index (κ3) is 4.84. The molecule has 27 heavy (non-hydrogen) atoms. The van der Waals surface area contributed by atoms with Gasteiger partial charge in [0.05, 0.1) is 7.11 Å². The molecule has 2 amide bonds. The molecule has 1 fully saturated rings. The van der Waals surface area contributed by atoms with Gasteiger partial charge < -0.3 is 19.0 Å². The monoisotopic (exact) mass is 372 g/mol. The number of methoxy groups -OCH3 is 1. The summed E-state index contributed by atoms with van der Waals surface area (Å²) in [6, 6.07) is 7.84. The molecule has 3 rings (SSSR count). The number of hydrogen-bond acceptors (Lipinski definition) is 6. The van der Waals surface area contributed by atoms with E-state index in [1.54, 1.807) is 9.80 Å². The predicted molar refractivity (Wildman–Crippen MR) is 98.0 cm³/mol. The molecule has 2 aromatic rings. The minimum atomic E-state index is -0.348. The average Bonchev–Trinajstić information content (AvgIpc) is 3.01. The second-order valence-electron chi connectivity index (χ2n) is 6.56. The number of benzene rings is 1. The summed E-state index contributed by atoms with van der Waals surface area (Å²) in [5, 5.41) is 8.10. The lowest BCUT2D eigenvalue weighted by Gasteiger charge is -2.21. The number of nitrogens with zero attached hydrogens (tertiary/aromatic N) is 4. The topological polar surface area (TPSA) is 88.8 Å². The molecule has 0 saturated carbocycles. The lowest BCUT2D eigenvalue weighted by Crippen LogP contribution is -2.37. The van der Waals surface area contributed by atoms with Crippen LogP contribution >= 0.6 is 0 Å². The van der Waals surface area contributed by atoms with Crippen LogP contribution in [-0.2, 0) is 16.0 Å². The second kappa shape index (κ2) is 8.66. The molecule has 0 N–H and O–H groups in total. The Morgan fingerprint density at radius 1 is 1.07 bits per heavy atom. The van der Waals surface area contributed by atoms with Gasteiger partial charge in [0.2, 0.25) is 17.7 Å². The van der Waals surface area contributed by atoms with E-state index in [0.29, 0.717) is 50.8 Å². The van der Waals surface area contributed by atoms with Crippen molar-refractivity contribution in [1.82, 2.24) is 20.0 Å². The van der Waals surface area contributed by atoms with Crippen LogP contribution < -0.4 is 0 Å². The SMILES string of the molecule is COC(=O)N1CCCN(C(=O)CCc2nnc(-c3ccc(C)cc3)o2)CC1. The normalized spacial score (nSPS) is 14.7. The molecular weight excluding hydrogens is 348 g/mol. The fourth-order valence-electron chi connectivity index (χ4n) is 3.02. The molecule has 8 heteroatoms. The van der Waals surface area contributed by atoms with E-state index < -0.39 is 0 Å². The van der Waals surface area contributed by atoms with Crippen LogP contribution in [0.25, 0.3) is 11.5 Å². The van der Waals surface area contributed by atoms with Gasteiger partial charge in [-0.15, -0.1) is 10.2 Å². The Hall–Kier alpha value is -2.90. The van der Waals surface area contributed by atoms with Gasteiger partial charge in [-0.1, -0.05) is 17.7 Å². The second-order valence-corrected chi connectivity index (χ2v) is 6.56. The van der Waals surface area contributed by atoms with Crippen molar-refractivity contribution in [3.63, 3.8) is 0 Å². The Morgan fingerprint density at radius 3 is 2.52 bits per heavy atom. The maximum absolute atomic E-state index is 12.5. The van der Waals surface area contributed by atoms with Crippen molar-refractivity contribution in [1.29, 1.82) is 0 Å². The highest BCUT2D eigenvalue weighted by molar-refractivity contribution is 5.76. The number of aromatic nitrogens is 2. The first-order valence-electron chi connectivity index (χ1n) is 9.07. The van der Waals surface area contributed by atoms with E-state index in [1.165, 1.54) is 7.11 Å². The first-order chi connectivity index (χ1) is 13.1.